The normalized spacial score (nSPS) is 15.9. The first-order chi connectivity index (χ1) is 15.8. The van der Waals surface area contributed by atoms with Crippen molar-refractivity contribution in [1.29, 1.82) is 0 Å². The predicted octanol–water partition coefficient (Wildman–Crippen LogP) is 4.83. The summed E-state index contributed by atoms with van der Waals surface area (Å²) in [6, 6.07) is 4.17. The highest BCUT2D eigenvalue weighted by atomic mass is 16.5. The molecule has 6 heteroatoms. The van der Waals surface area contributed by atoms with E-state index in [2.05, 4.69) is 29.3 Å². The van der Waals surface area contributed by atoms with Gasteiger partial charge >= 0.3 is 0 Å². The van der Waals surface area contributed by atoms with Crippen LogP contribution in [0.15, 0.2) is 12.1 Å². The number of ether oxygens (including phenoxy) is 3. The third-order valence-electron chi connectivity index (χ3n) is 6.49. The minimum atomic E-state index is 0.701. The molecule has 2 aromatic rings. The lowest BCUT2D eigenvalue weighted by molar-refractivity contribution is 0.134. The number of fused-ring (bicyclic) bond motifs is 2. The van der Waals surface area contributed by atoms with Crippen LogP contribution in [-0.2, 0) is 17.6 Å². The molecule has 1 aliphatic carbocycles. The van der Waals surface area contributed by atoms with Crippen LogP contribution in [0.5, 0.6) is 11.5 Å². The lowest BCUT2D eigenvalue weighted by Crippen LogP contribution is -2.21. The minimum Gasteiger partial charge on any atom is -0.493 e. The number of benzene rings is 1. The van der Waals surface area contributed by atoms with Crippen molar-refractivity contribution in [3.8, 4) is 11.5 Å². The number of pyridine rings is 1. The van der Waals surface area contributed by atoms with Crippen molar-refractivity contribution in [1.82, 2.24) is 9.88 Å². The van der Waals surface area contributed by atoms with Gasteiger partial charge in [0.05, 0.1) is 19.2 Å². The molecule has 2 heterocycles. The zero-order valence-electron chi connectivity index (χ0n) is 19.9. The van der Waals surface area contributed by atoms with E-state index in [0.717, 1.165) is 80.8 Å². The number of methoxy groups -OCH3 is 1. The van der Waals surface area contributed by atoms with Crippen LogP contribution in [0.2, 0.25) is 0 Å². The summed E-state index contributed by atoms with van der Waals surface area (Å²) in [6.07, 6.45) is 9.07. The minimum absolute atomic E-state index is 0.701. The molecule has 1 saturated heterocycles. The number of rotatable bonds is 13. The Bertz CT molecular complexity index is 880. The molecule has 0 unspecified atom stereocenters. The molecule has 0 saturated carbocycles. The molecule has 32 heavy (non-hydrogen) atoms. The summed E-state index contributed by atoms with van der Waals surface area (Å²) in [7, 11) is 1.72. The van der Waals surface area contributed by atoms with Gasteiger partial charge in [0.1, 0.15) is 0 Å². The van der Waals surface area contributed by atoms with Crippen LogP contribution in [-0.4, -0.2) is 63.0 Å². The largest absolute Gasteiger partial charge is 0.493 e. The van der Waals surface area contributed by atoms with Crippen molar-refractivity contribution in [3.63, 3.8) is 0 Å². The standard InChI is InChI=1S/C26H39N3O3/c1-3-15-31-16-7-11-27-26-20-9-6-10-22(20)28-23-19-25(24(30-2)18-21(23)26)32-17-8-14-29-12-4-5-13-29/h18-19H,3-17H2,1-2H3,(H,27,28). The summed E-state index contributed by atoms with van der Waals surface area (Å²) < 4.78 is 17.5. The molecule has 1 aromatic carbocycles. The first kappa shape index (κ1) is 23.1. The van der Waals surface area contributed by atoms with E-state index in [9.17, 15) is 0 Å². The van der Waals surface area contributed by atoms with Crippen LogP contribution >= 0.6 is 0 Å². The van der Waals surface area contributed by atoms with Crippen molar-refractivity contribution in [2.45, 2.75) is 58.3 Å². The van der Waals surface area contributed by atoms with Gasteiger partial charge < -0.3 is 24.4 Å². The molecule has 0 amide bonds. The second-order valence-electron chi connectivity index (χ2n) is 8.93. The summed E-state index contributed by atoms with van der Waals surface area (Å²) in [5.41, 5.74) is 4.81. The fraction of sp³-hybridized carbons (Fsp3) is 0.654. The molecule has 1 N–H and O–H groups in total. The number of hydrogen-bond donors (Lipinski definition) is 1. The molecule has 1 aromatic heterocycles. The Morgan fingerprint density at radius 2 is 1.88 bits per heavy atom. The van der Waals surface area contributed by atoms with Gasteiger partial charge in [-0.05, 0) is 76.1 Å². The van der Waals surface area contributed by atoms with Gasteiger partial charge in [-0.2, -0.15) is 0 Å². The number of likely N-dealkylation sites (tertiary alicyclic amines) is 1. The number of nitrogens with zero attached hydrogens (tertiary/aromatic N) is 2. The Kier molecular flexibility index (Phi) is 8.46. The maximum atomic E-state index is 6.16. The third kappa shape index (κ3) is 5.65. The first-order valence-electron chi connectivity index (χ1n) is 12.5. The SMILES string of the molecule is CCCOCCCNc1c2c(nc3cc(OCCCN4CCCC4)c(OC)cc13)CCC2. The Morgan fingerprint density at radius 3 is 2.69 bits per heavy atom. The van der Waals surface area contributed by atoms with Crippen molar-refractivity contribution >= 4 is 16.6 Å². The molecule has 2 aliphatic rings. The van der Waals surface area contributed by atoms with E-state index in [-0.39, 0.29) is 0 Å². The van der Waals surface area contributed by atoms with E-state index in [1.165, 1.54) is 49.3 Å². The third-order valence-corrected chi connectivity index (χ3v) is 6.49. The molecule has 6 nitrogen and oxygen atoms in total. The van der Waals surface area contributed by atoms with E-state index >= 15 is 0 Å². The molecular weight excluding hydrogens is 402 g/mol. The molecule has 0 spiro atoms. The number of hydrogen-bond acceptors (Lipinski definition) is 6. The molecule has 176 valence electrons. The maximum Gasteiger partial charge on any atom is 0.163 e. The van der Waals surface area contributed by atoms with Gasteiger partial charge in [-0.1, -0.05) is 6.92 Å². The summed E-state index contributed by atoms with van der Waals surface area (Å²) in [5.74, 6) is 1.58. The number of anilines is 1. The van der Waals surface area contributed by atoms with E-state index in [1.54, 1.807) is 7.11 Å². The maximum absolute atomic E-state index is 6.16. The van der Waals surface area contributed by atoms with Crippen LogP contribution in [0.4, 0.5) is 5.69 Å². The average molecular weight is 442 g/mol. The van der Waals surface area contributed by atoms with E-state index in [1.807, 2.05) is 0 Å². The lowest BCUT2D eigenvalue weighted by Gasteiger charge is -2.18. The lowest BCUT2D eigenvalue weighted by atomic mass is 10.1. The van der Waals surface area contributed by atoms with Gasteiger partial charge in [-0.3, -0.25) is 4.98 Å². The van der Waals surface area contributed by atoms with Gasteiger partial charge in [0.2, 0.25) is 0 Å². The fourth-order valence-electron chi connectivity index (χ4n) is 4.86. The van der Waals surface area contributed by atoms with Crippen molar-refractivity contribution < 1.29 is 14.2 Å². The topological polar surface area (TPSA) is 55.8 Å². The molecule has 0 atom stereocenters. The van der Waals surface area contributed by atoms with Crippen LogP contribution in [0.1, 0.15) is 56.7 Å². The van der Waals surface area contributed by atoms with E-state index < -0.39 is 0 Å². The fourth-order valence-corrected chi connectivity index (χ4v) is 4.86. The highest BCUT2D eigenvalue weighted by Gasteiger charge is 2.21. The second kappa shape index (κ2) is 11.7. The smallest absolute Gasteiger partial charge is 0.163 e. The summed E-state index contributed by atoms with van der Waals surface area (Å²) in [5, 5.41) is 4.82. The number of aromatic nitrogens is 1. The van der Waals surface area contributed by atoms with Crippen molar-refractivity contribution in [2.75, 3.05) is 58.4 Å². The quantitative estimate of drug-likeness (QED) is 0.450. The van der Waals surface area contributed by atoms with Gasteiger partial charge in [0.15, 0.2) is 11.5 Å². The second-order valence-corrected chi connectivity index (χ2v) is 8.93. The van der Waals surface area contributed by atoms with E-state index in [4.69, 9.17) is 19.2 Å². The monoisotopic (exact) mass is 441 g/mol. The first-order valence-corrected chi connectivity index (χ1v) is 12.5. The van der Waals surface area contributed by atoms with Crippen LogP contribution in [0.3, 0.4) is 0 Å². The zero-order chi connectivity index (χ0) is 22.2. The van der Waals surface area contributed by atoms with Gasteiger partial charge in [-0.15, -0.1) is 0 Å². The highest BCUT2D eigenvalue weighted by Crippen LogP contribution is 2.39. The Labute approximate surface area is 192 Å². The van der Waals surface area contributed by atoms with Crippen molar-refractivity contribution in [2.24, 2.45) is 0 Å². The molecule has 1 aliphatic heterocycles. The average Bonchev–Trinajstić information content (AvgIpc) is 3.50. The molecular formula is C26H39N3O3. The Hall–Kier alpha value is -2.05. The van der Waals surface area contributed by atoms with Crippen molar-refractivity contribution in [3.05, 3.63) is 23.4 Å². The summed E-state index contributed by atoms with van der Waals surface area (Å²) >= 11 is 0. The molecule has 1 fully saturated rings. The highest BCUT2D eigenvalue weighted by molar-refractivity contribution is 5.96. The van der Waals surface area contributed by atoms with E-state index in [0.29, 0.717) is 6.61 Å². The van der Waals surface area contributed by atoms with Crippen LogP contribution in [0.25, 0.3) is 10.9 Å². The molecule has 0 bridgehead atoms. The summed E-state index contributed by atoms with van der Waals surface area (Å²) in [4.78, 5) is 7.53. The van der Waals surface area contributed by atoms with Gasteiger partial charge in [0.25, 0.3) is 0 Å². The Morgan fingerprint density at radius 1 is 1.00 bits per heavy atom. The zero-order valence-corrected chi connectivity index (χ0v) is 19.9. The van der Waals surface area contributed by atoms with Gasteiger partial charge in [0, 0.05) is 49.1 Å². The number of aryl methyl sites for hydroxylation is 1. The van der Waals surface area contributed by atoms with Crippen LogP contribution < -0.4 is 14.8 Å². The predicted molar refractivity (Wildman–Crippen MR) is 130 cm³/mol. The van der Waals surface area contributed by atoms with Gasteiger partial charge in [-0.25, -0.2) is 0 Å². The molecule has 4 rings (SSSR count). The molecule has 0 radical (unpaired) electrons. The summed E-state index contributed by atoms with van der Waals surface area (Å²) in [6.45, 7) is 8.94. The Balaban J connectivity index is 1.47. The number of nitrogens with one attached hydrogen (secondary N) is 1. The van der Waals surface area contributed by atoms with Crippen LogP contribution in [0, 0.1) is 0 Å².